The van der Waals surface area contributed by atoms with Crippen molar-refractivity contribution in [1.82, 2.24) is 29.8 Å². The lowest BCUT2D eigenvalue weighted by Gasteiger charge is -2.36. The normalized spacial score (nSPS) is 15.6. The maximum absolute atomic E-state index is 4.85. The maximum atomic E-state index is 4.85. The second kappa shape index (κ2) is 7.24. The van der Waals surface area contributed by atoms with E-state index in [2.05, 4.69) is 65.7 Å². The molecule has 8 heteroatoms. The van der Waals surface area contributed by atoms with E-state index in [1.54, 1.807) is 0 Å². The molecular weight excluding hydrogens is 364 g/mol. The zero-order chi connectivity index (χ0) is 20.8. The third-order valence-electron chi connectivity index (χ3n) is 5.22. The van der Waals surface area contributed by atoms with Crippen LogP contribution in [-0.2, 0) is 5.41 Å². The molecule has 0 amide bonds. The molecule has 3 aromatic heterocycles. The van der Waals surface area contributed by atoms with E-state index < -0.39 is 0 Å². The van der Waals surface area contributed by atoms with Gasteiger partial charge in [0.05, 0.1) is 0 Å². The van der Waals surface area contributed by atoms with Crippen LogP contribution in [-0.4, -0.2) is 56.0 Å². The first-order valence-corrected chi connectivity index (χ1v) is 10.3. The molecule has 0 N–H and O–H groups in total. The first-order valence-electron chi connectivity index (χ1n) is 10.3. The minimum Gasteiger partial charge on any atom is -0.353 e. The van der Waals surface area contributed by atoms with E-state index in [0.29, 0.717) is 5.92 Å². The zero-order valence-electron chi connectivity index (χ0n) is 18.2. The molecule has 1 aliphatic rings. The summed E-state index contributed by atoms with van der Waals surface area (Å²) in [5.74, 6) is 4.11. The van der Waals surface area contributed by atoms with Crippen LogP contribution in [0, 0.1) is 6.92 Å². The van der Waals surface area contributed by atoms with Gasteiger partial charge < -0.3 is 9.80 Å². The van der Waals surface area contributed by atoms with Crippen molar-refractivity contribution in [2.75, 3.05) is 36.0 Å². The van der Waals surface area contributed by atoms with E-state index in [-0.39, 0.29) is 5.41 Å². The number of hydrogen-bond donors (Lipinski definition) is 0. The molecule has 1 fully saturated rings. The molecule has 0 saturated carbocycles. The molecule has 4 rings (SSSR count). The van der Waals surface area contributed by atoms with Gasteiger partial charge in [-0.05, 0) is 19.1 Å². The predicted octanol–water partition coefficient (Wildman–Crippen LogP) is 2.97. The van der Waals surface area contributed by atoms with Crippen molar-refractivity contribution in [3.63, 3.8) is 0 Å². The number of anilines is 2. The minimum absolute atomic E-state index is 0.108. The summed E-state index contributed by atoms with van der Waals surface area (Å²) in [5, 5.41) is 13.5. The van der Waals surface area contributed by atoms with E-state index in [0.717, 1.165) is 60.8 Å². The molecule has 0 atom stereocenters. The topological polar surface area (TPSA) is 75.3 Å². The molecule has 8 nitrogen and oxygen atoms in total. The van der Waals surface area contributed by atoms with E-state index >= 15 is 0 Å². The van der Waals surface area contributed by atoms with Crippen LogP contribution in [0.15, 0.2) is 18.2 Å². The highest BCUT2D eigenvalue weighted by molar-refractivity contribution is 5.49. The van der Waals surface area contributed by atoms with Crippen LogP contribution in [0.5, 0.6) is 0 Å². The lowest BCUT2D eigenvalue weighted by atomic mass is 9.96. The summed E-state index contributed by atoms with van der Waals surface area (Å²) in [6, 6.07) is 6.12. The molecule has 0 radical (unpaired) electrons. The number of hydrogen-bond acceptors (Lipinski definition) is 7. The van der Waals surface area contributed by atoms with Crippen LogP contribution in [0.4, 0.5) is 11.6 Å². The molecule has 4 heterocycles. The summed E-state index contributed by atoms with van der Waals surface area (Å²) in [6.45, 7) is 16.3. The average molecular weight is 395 g/mol. The Morgan fingerprint density at radius 2 is 1.55 bits per heavy atom. The molecule has 154 valence electrons. The van der Waals surface area contributed by atoms with Crippen LogP contribution in [0.3, 0.4) is 0 Å². The van der Waals surface area contributed by atoms with Crippen LogP contribution in [0.2, 0.25) is 0 Å². The van der Waals surface area contributed by atoms with Gasteiger partial charge in [0.25, 0.3) is 0 Å². The van der Waals surface area contributed by atoms with Crippen molar-refractivity contribution in [3.8, 4) is 0 Å². The van der Waals surface area contributed by atoms with Crippen molar-refractivity contribution >= 4 is 17.3 Å². The molecule has 29 heavy (non-hydrogen) atoms. The summed E-state index contributed by atoms with van der Waals surface area (Å²) < 4.78 is 1.88. The molecule has 1 saturated heterocycles. The van der Waals surface area contributed by atoms with Gasteiger partial charge in [0.2, 0.25) is 0 Å². The van der Waals surface area contributed by atoms with Gasteiger partial charge in [-0.15, -0.1) is 15.3 Å². The first-order chi connectivity index (χ1) is 13.7. The number of rotatable bonds is 3. The predicted molar refractivity (Wildman–Crippen MR) is 115 cm³/mol. The molecule has 0 aliphatic carbocycles. The summed E-state index contributed by atoms with van der Waals surface area (Å²) in [7, 11) is 0. The van der Waals surface area contributed by atoms with E-state index in [9.17, 15) is 0 Å². The Morgan fingerprint density at radius 1 is 0.897 bits per heavy atom. The van der Waals surface area contributed by atoms with Crippen LogP contribution in [0.1, 0.15) is 57.9 Å². The third-order valence-corrected chi connectivity index (χ3v) is 5.22. The van der Waals surface area contributed by atoms with Crippen molar-refractivity contribution in [1.29, 1.82) is 0 Å². The van der Waals surface area contributed by atoms with Gasteiger partial charge in [0, 0.05) is 49.3 Å². The lowest BCUT2D eigenvalue weighted by molar-refractivity contribution is 0.525. The Labute approximate surface area is 172 Å². The fourth-order valence-corrected chi connectivity index (χ4v) is 3.57. The van der Waals surface area contributed by atoms with Crippen molar-refractivity contribution in [2.45, 2.75) is 52.9 Å². The van der Waals surface area contributed by atoms with Crippen molar-refractivity contribution < 1.29 is 0 Å². The van der Waals surface area contributed by atoms with Gasteiger partial charge in [-0.1, -0.05) is 34.6 Å². The van der Waals surface area contributed by atoms with Crippen LogP contribution >= 0.6 is 0 Å². The monoisotopic (exact) mass is 394 g/mol. The molecule has 0 spiro atoms. The Hall–Kier alpha value is -2.77. The second-order valence-electron chi connectivity index (χ2n) is 9.09. The SMILES string of the molecule is Cc1cc(N2CCN(c3ccc4nnc(C(C)(C)C)n4n3)CC2)nc(C(C)C)n1. The van der Waals surface area contributed by atoms with Gasteiger partial charge in [0.1, 0.15) is 17.5 Å². The molecule has 0 aromatic carbocycles. The molecule has 1 aliphatic heterocycles. The Balaban J connectivity index is 1.53. The smallest absolute Gasteiger partial charge is 0.178 e. The van der Waals surface area contributed by atoms with Crippen LogP contribution < -0.4 is 9.80 Å². The largest absolute Gasteiger partial charge is 0.353 e. The number of fused-ring (bicyclic) bond motifs is 1. The number of aryl methyl sites for hydroxylation is 1. The second-order valence-corrected chi connectivity index (χ2v) is 9.09. The van der Waals surface area contributed by atoms with Crippen molar-refractivity contribution in [3.05, 3.63) is 35.5 Å². The highest BCUT2D eigenvalue weighted by Gasteiger charge is 2.24. The molecule has 0 unspecified atom stereocenters. The van der Waals surface area contributed by atoms with E-state index in [1.807, 2.05) is 23.6 Å². The Kier molecular flexibility index (Phi) is 4.88. The van der Waals surface area contributed by atoms with Gasteiger partial charge >= 0.3 is 0 Å². The summed E-state index contributed by atoms with van der Waals surface area (Å²) in [5.41, 5.74) is 1.70. The van der Waals surface area contributed by atoms with E-state index in [4.69, 9.17) is 10.1 Å². The molecule has 0 bridgehead atoms. The highest BCUT2D eigenvalue weighted by Crippen LogP contribution is 2.23. The summed E-state index contributed by atoms with van der Waals surface area (Å²) in [6.07, 6.45) is 0. The third kappa shape index (κ3) is 3.88. The Bertz CT molecular complexity index is 1010. The molecule has 3 aromatic rings. The van der Waals surface area contributed by atoms with Crippen molar-refractivity contribution in [2.24, 2.45) is 0 Å². The Morgan fingerprint density at radius 3 is 2.17 bits per heavy atom. The standard InChI is InChI=1S/C21H30N8/c1-14(2)19-22-15(3)13-18(23-19)28-11-9-27(10-12-28)17-8-7-16-24-25-20(21(4,5)6)29(16)26-17/h7-8,13-14H,9-12H2,1-6H3. The van der Waals surface area contributed by atoms with Gasteiger partial charge in [-0.3, -0.25) is 0 Å². The average Bonchev–Trinajstić information content (AvgIpc) is 3.11. The first kappa shape index (κ1) is 19.5. The summed E-state index contributed by atoms with van der Waals surface area (Å²) in [4.78, 5) is 14.0. The van der Waals surface area contributed by atoms with Crippen LogP contribution in [0.25, 0.3) is 5.65 Å². The zero-order valence-corrected chi connectivity index (χ0v) is 18.2. The van der Waals surface area contributed by atoms with E-state index in [1.165, 1.54) is 0 Å². The lowest BCUT2D eigenvalue weighted by Crippen LogP contribution is -2.47. The number of piperazine rings is 1. The quantitative estimate of drug-likeness (QED) is 0.676. The maximum Gasteiger partial charge on any atom is 0.178 e. The highest BCUT2D eigenvalue weighted by atomic mass is 15.4. The minimum atomic E-state index is -0.108. The fourth-order valence-electron chi connectivity index (χ4n) is 3.57. The van der Waals surface area contributed by atoms with Gasteiger partial charge in [-0.25, -0.2) is 9.97 Å². The fraction of sp³-hybridized carbons (Fsp3) is 0.571. The number of aromatic nitrogens is 6. The summed E-state index contributed by atoms with van der Waals surface area (Å²) >= 11 is 0. The molecular formula is C21H30N8. The van der Waals surface area contributed by atoms with Gasteiger partial charge in [0.15, 0.2) is 11.5 Å². The van der Waals surface area contributed by atoms with Gasteiger partial charge in [-0.2, -0.15) is 4.52 Å². The number of nitrogens with zero attached hydrogens (tertiary/aromatic N) is 8.